The maximum atomic E-state index is 12.6. The van der Waals surface area contributed by atoms with Crippen molar-refractivity contribution in [2.75, 3.05) is 39.8 Å². The monoisotopic (exact) mass is 400 g/mol. The molecule has 0 spiro atoms. The van der Waals surface area contributed by atoms with Crippen molar-refractivity contribution >= 4 is 17.2 Å². The van der Waals surface area contributed by atoms with Crippen LogP contribution < -0.4 is 5.32 Å². The van der Waals surface area contributed by atoms with Crippen LogP contribution >= 0.6 is 11.3 Å². The number of carbonyl (C=O) groups excluding carboxylic acids is 1. The van der Waals surface area contributed by atoms with Crippen molar-refractivity contribution < 1.29 is 13.7 Å². The number of amides is 1. The Morgan fingerprint density at radius 2 is 2.11 bits per heavy atom. The third kappa shape index (κ3) is 4.19. The quantitative estimate of drug-likeness (QED) is 0.686. The second-order valence-electron chi connectivity index (χ2n) is 7.07. The lowest BCUT2D eigenvalue weighted by molar-refractivity contribution is 0.0843. The number of hydrogen-bond acceptors (Lipinski definition) is 7. The van der Waals surface area contributed by atoms with Gasteiger partial charge in [0.05, 0.1) is 10.9 Å². The average molecular weight is 401 g/mol. The third-order valence-electron chi connectivity index (χ3n) is 5.03. The van der Waals surface area contributed by atoms with E-state index in [0.29, 0.717) is 12.3 Å². The number of likely N-dealkylation sites (N-methyl/N-ethyl adjacent to an activating group) is 1. The highest BCUT2D eigenvalue weighted by Crippen LogP contribution is 2.26. The lowest BCUT2D eigenvalue weighted by atomic mass is 10.1. The van der Waals surface area contributed by atoms with E-state index < -0.39 is 0 Å². The van der Waals surface area contributed by atoms with Gasteiger partial charge in [-0.05, 0) is 37.6 Å². The fourth-order valence-corrected chi connectivity index (χ4v) is 4.05. The van der Waals surface area contributed by atoms with Crippen LogP contribution in [0, 0.1) is 6.92 Å². The first kappa shape index (κ1) is 18.9. The van der Waals surface area contributed by atoms with Crippen molar-refractivity contribution in [3.8, 4) is 10.6 Å². The molecule has 4 heterocycles. The topological polar surface area (TPSA) is 74.8 Å². The van der Waals surface area contributed by atoms with Crippen LogP contribution in [0.25, 0.3) is 10.6 Å². The molecule has 0 bridgehead atoms. The molecule has 3 aromatic heterocycles. The van der Waals surface area contributed by atoms with Gasteiger partial charge in [0.25, 0.3) is 5.91 Å². The zero-order chi connectivity index (χ0) is 19.5. The first-order valence-electron chi connectivity index (χ1n) is 9.38. The molecule has 1 aliphatic heterocycles. The minimum atomic E-state index is -0.242. The Bertz CT molecular complexity index is 910. The van der Waals surface area contributed by atoms with E-state index >= 15 is 0 Å². The summed E-state index contributed by atoms with van der Waals surface area (Å²) < 4.78 is 11.2. The molecule has 0 radical (unpaired) electrons. The summed E-state index contributed by atoms with van der Waals surface area (Å²) in [4.78, 5) is 18.2. The van der Waals surface area contributed by atoms with E-state index in [1.807, 2.05) is 36.6 Å². The van der Waals surface area contributed by atoms with E-state index in [9.17, 15) is 4.79 Å². The second kappa shape index (κ2) is 8.30. The van der Waals surface area contributed by atoms with E-state index in [1.54, 1.807) is 17.4 Å². The summed E-state index contributed by atoms with van der Waals surface area (Å²) >= 11 is 1.55. The van der Waals surface area contributed by atoms with Gasteiger partial charge >= 0.3 is 0 Å². The third-order valence-corrected chi connectivity index (χ3v) is 5.92. The number of nitrogens with zero attached hydrogens (tertiary/aromatic N) is 3. The van der Waals surface area contributed by atoms with E-state index in [-0.39, 0.29) is 17.6 Å². The molecule has 3 aromatic rings. The molecule has 0 aromatic carbocycles. The van der Waals surface area contributed by atoms with Gasteiger partial charge in [-0.1, -0.05) is 11.2 Å². The Hall–Kier alpha value is -2.42. The standard InChI is InChI=1S/C20H24N4O3S/c1-14-5-6-17(26-14)16(24-9-7-23(2)8-10-24)13-21-20(25)15-12-18(27-22-15)19-4-3-11-28-19/h3-6,11-12,16H,7-10,13H2,1-2H3,(H,21,25)/t16-/m0/s1. The summed E-state index contributed by atoms with van der Waals surface area (Å²) in [5.74, 6) is 2.12. The molecule has 0 aliphatic carbocycles. The summed E-state index contributed by atoms with van der Waals surface area (Å²) in [5.41, 5.74) is 0.288. The van der Waals surface area contributed by atoms with Crippen molar-refractivity contribution in [3.05, 3.63) is 52.9 Å². The SMILES string of the molecule is Cc1ccc([C@H](CNC(=O)c2cc(-c3cccs3)on2)N2CCN(C)CC2)o1. The van der Waals surface area contributed by atoms with Gasteiger partial charge in [-0.3, -0.25) is 9.69 Å². The van der Waals surface area contributed by atoms with Crippen LogP contribution in [-0.2, 0) is 0 Å². The first-order valence-corrected chi connectivity index (χ1v) is 10.3. The predicted molar refractivity (Wildman–Crippen MR) is 107 cm³/mol. The second-order valence-corrected chi connectivity index (χ2v) is 8.01. The van der Waals surface area contributed by atoms with E-state index in [2.05, 4.69) is 27.3 Å². The van der Waals surface area contributed by atoms with E-state index in [0.717, 1.165) is 42.6 Å². The van der Waals surface area contributed by atoms with Gasteiger partial charge in [-0.15, -0.1) is 11.3 Å². The van der Waals surface area contributed by atoms with Crippen LogP contribution in [0.2, 0.25) is 0 Å². The molecular formula is C20H24N4O3S. The molecule has 1 aliphatic rings. The molecule has 8 heteroatoms. The van der Waals surface area contributed by atoms with Gasteiger partial charge in [0.1, 0.15) is 11.5 Å². The molecule has 28 heavy (non-hydrogen) atoms. The fraction of sp³-hybridized carbons (Fsp3) is 0.400. The van der Waals surface area contributed by atoms with Crippen LogP contribution in [0.15, 0.2) is 44.7 Å². The Balaban J connectivity index is 1.44. The van der Waals surface area contributed by atoms with E-state index in [1.165, 1.54) is 0 Å². The number of thiophene rings is 1. The number of nitrogens with one attached hydrogen (secondary N) is 1. The Kier molecular flexibility index (Phi) is 5.61. The van der Waals surface area contributed by atoms with Crippen LogP contribution in [0.3, 0.4) is 0 Å². The molecule has 0 saturated carbocycles. The zero-order valence-corrected chi connectivity index (χ0v) is 16.9. The molecule has 1 amide bonds. The molecular weight excluding hydrogens is 376 g/mol. The Labute approximate surface area is 167 Å². The molecule has 4 rings (SSSR count). The van der Waals surface area contributed by atoms with Gasteiger partial charge in [0.15, 0.2) is 11.5 Å². The van der Waals surface area contributed by atoms with Gasteiger partial charge in [-0.2, -0.15) is 0 Å². The number of aryl methyl sites for hydroxylation is 1. The Morgan fingerprint density at radius 3 is 2.79 bits per heavy atom. The van der Waals surface area contributed by atoms with Crippen molar-refractivity contribution in [1.29, 1.82) is 0 Å². The van der Waals surface area contributed by atoms with Crippen LogP contribution in [0.4, 0.5) is 0 Å². The van der Waals surface area contributed by atoms with Gasteiger partial charge in [0, 0.05) is 38.8 Å². The van der Waals surface area contributed by atoms with Crippen LogP contribution in [0.5, 0.6) is 0 Å². The number of rotatable bonds is 6. The lowest BCUT2D eigenvalue weighted by Crippen LogP contribution is -2.48. The number of aromatic nitrogens is 1. The minimum Gasteiger partial charge on any atom is -0.465 e. The van der Waals surface area contributed by atoms with Gasteiger partial charge < -0.3 is 19.2 Å². The van der Waals surface area contributed by atoms with Crippen LogP contribution in [-0.4, -0.2) is 60.6 Å². The molecule has 7 nitrogen and oxygen atoms in total. The van der Waals surface area contributed by atoms with Crippen molar-refractivity contribution in [2.24, 2.45) is 0 Å². The number of carbonyl (C=O) groups is 1. The maximum absolute atomic E-state index is 12.6. The van der Waals surface area contributed by atoms with Gasteiger partial charge in [-0.25, -0.2) is 0 Å². The smallest absolute Gasteiger partial charge is 0.273 e. The first-order chi connectivity index (χ1) is 13.6. The highest BCUT2D eigenvalue weighted by molar-refractivity contribution is 7.13. The molecule has 0 unspecified atom stereocenters. The molecule has 1 N–H and O–H groups in total. The number of piperazine rings is 1. The highest BCUT2D eigenvalue weighted by Gasteiger charge is 2.27. The summed E-state index contributed by atoms with van der Waals surface area (Å²) in [6, 6.07) is 9.52. The van der Waals surface area contributed by atoms with Gasteiger partial charge in [0.2, 0.25) is 0 Å². The van der Waals surface area contributed by atoms with Crippen molar-refractivity contribution in [3.63, 3.8) is 0 Å². The normalized spacial score (nSPS) is 16.9. The molecule has 1 saturated heterocycles. The highest BCUT2D eigenvalue weighted by atomic mass is 32.1. The van der Waals surface area contributed by atoms with Crippen molar-refractivity contribution in [1.82, 2.24) is 20.3 Å². The minimum absolute atomic E-state index is 0.00461. The number of hydrogen-bond donors (Lipinski definition) is 1. The summed E-state index contributed by atoms with van der Waals surface area (Å²) in [5, 5.41) is 8.89. The molecule has 148 valence electrons. The summed E-state index contributed by atoms with van der Waals surface area (Å²) in [7, 11) is 2.13. The predicted octanol–water partition coefficient (Wildman–Crippen LogP) is 3.02. The zero-order valence-electron chi connectivity index (χ0n) is 16.1. The Morgan fingerprint density at radius 1 is 1.29 bits per heavy atom. The number of furan rings is 1. The fourth-order valence-electron chi connectivity index (χ4n) is 3.37. The largest absolute Gasteiger partial charge is 0.465 e. The molecule has 1 atom stereocenters. The molecule has 1 fully saturated rings. The maximum Gasteiger partial charge on any atom is 0.273 e. The summed E-state index contributed by atoms with van der Waals surface area (Å²) in [6.07, 6.45) is 0. The van der Waals surface area contributed by atoms with Crippen molar-refractivity contribution in [2.45, 2.75) is 13.0 Å². The van der Waals surface area contributed by atoms with E-state index in [4.69, 9.17) is 8.94 Å². The summed E-state index contributed by atoms with van der Waals surface area (Å²) in [6.45, 7) is 6.25. The lowest BCUT2D eigenvalue weighted by Gasteiger charge is -2.37. The average Bonchev–Trinajstić information content (AvgIpc) is 3.44. The van der Waals surface area contributed by atoms with Crippen LogP contribution in [0.1, 0.15) is 28.1 Å².